The van der Waals surface area contributed by atoms with E-state index in [1.165, 1.54) is 8.83 Å². The van der Waals surface area contributed by atoms with Gasteiger partial charge in [0.1, 0.15) is 0 Å². The molecular formula is C8H6ClNSe. The summed E-state index contributed by atoms with van der Waals surface area (Å²) in [6.45, 7) is 2.06. The monoisotopic (exact) mass is 231 g/mol. The zero-order valence-electron chi connectivity index (χ0n) is 5.97. The molecule has 0 bridgehead atoms. The van der Waals surface area contributed by atoms with E-state index in [1.807, 2.05) is 18.2 Å². The van der Waals surface area contributed by atoms with Gasteiger partial charge in [0, 0.05) is 0 Å². The molecule has 0 saturated heterocycles. The fourth-order valence-electron chi connectivity index (χ4n) is 1.01. The van der Waals surface area contributed by atoms with Crippen molar-refractivity contribution < 1.29 is 0 Å². The fourth-order valence-corrected chi connectivity index (χ4v) is 3.15. The first-order valence-corrected chi connectivity index (χ1v) is 5.37. The Morgan fingerprint density at radius 1 is 1.45 bits per heavy atom. The summed E-state index contributed by atoms with van der Waals surface area (Å²) in [6.07, 6.45) is 0. The van der Waals surface area contributed by atoms with E-state index in [0.29, 0.717) is 14.5 Å². The second-order valence-electron chi connectivity index (χ2n) is 2.34. The van der Waals surface area contributed by atoms with E-state index in [9.17, 15) is 0 Å². The van der Waals surface area contributed by atoms with E-state index in [-0.39, 0.29) is 0 Å². The van der Waals surface area contributed by atoms with E-state index < -0.39 is 0 Å². The summed E-state index contributed by atoms with van der Waals surface area (Å²) in [6, 6.07) is 5.88. The Labute approximate surface area is 75.8 Å². The summed E-state index contributed by atoms with van der Waals surface area (Å²) in [5.41, 5.74) is 1.10. The molecule has 0 unspecified atom stereocenters. The maximum atomic E-state index is 5.83. The molecule has 0 atom stereocenters. The van der Waals surface area contributed by atoms with Gasteiger partial charge >= 0.3 is 75.6 Å². The van der Waals surface area contributed by atoms with Crippen molar-refractivity contribution in [1.82, 2.24) is 4.98 Å². The molecule has 11 heavy (non-hydrogen) atoms. The summed E-state index contributed by atoms with van der Waals surface area (Å²) in [5.74, 6) is 0. The first-order chi connectivity index (χ1) is 5.25. The zero-order chi connectivity index (χ0) is 7.84. The van der Waals surface area contributed by atoms with Crippen molar-refractivity contribution in [2.24, 2.45) is 0 Å². The van der Waals surface area contributed by atoms with Crippen molar-refractivity contribution in [2.75, 3.05) is 0 Å². The van der Waals surface area contributed by atoms with Crippen LogP contribution in [0.1, 0.15) is 4.57 Å². The van der Waals surface area contributed by atoms with E-state index >= 15 is 0 Å². The van der Waals surface area contributed by atoms with Gasteiger partial charge in [0.2, 0.25) is 0 Å². The molecule has 0 aliphatic carbocycles. The second kappa shape index (κ2) is 2.63. The SMILES string of the molecule is Cc1nc2ccc(Cl)cc2[se]1. The number of benzene rings is 1. The van der Waals surface area contributed by atoms with Crippen molar-refractivity contribution >= 4 is 35.9 Å². The van der Waals surface area contributed by atoms with Crippen LogP contribution in [-0.2, 0) is 0 Å². The number of hydrogen-bond donors (Lipinski definition) is 0. The molecule has 1 aromatic carbocycles. The Kier molecular flexibility index (Phi) is 1.76. The third kappa shape index (κ3) is 1.34. The molecule has 0 N–H and O–H groups in total. The average molecular weight is 231 g/mol. The van der Waals surface area contributed by atoms with Gasteiger partial charge in [0.15, 0.2) is 0 Å². The minimum atomic E-state index is 0.417. The Morgan fingerprint density at radius 3 is 3.09 bits per heavy atom. The van der Waals surface area contributed by atoms with Crippen molar-refractivity contribution in [2.45, 2.75) is 6.92 Å². The summed E-state index contributed by atoms with van der Waals surface area (Å²) >= 11 is 6.25. The van der Waals surface area contributed by atoms with Gasteiger partial charge in [0.05, 0.1) is 0 Å². The molecule has 0 saturated carbocycles. The maximum absolute atomic E-state index is 5.83. The Balaban J connectivity index is 2.82. The number of rotatable bonds is 0. The number of halogens is 1. The first kappa shape index (κ1) is 7.35. The fraction of sp³-hybridized carbons (Fsp3) is 0.125. The van der Waals surface area contributed by atoms with Crippen LogP contribution < -0.4 is 0 Å². The molecule has 0 aliphatic heterocycles. The number of aromatic nitrogens is 1. The molecule has 0 spiro atoms. The van der Waals surface area contributed by atoms with Crippen LogP contribution in [0.2, 0.25) is 5.02 Å². The number of fused-ring (bicyclic) bond motifs is 1. The van der Waals surface area contributed by atoms with Crippen LogP contribution in [0, 0.1) is 6.92 Å². The van der Waals surface area contributed by atoms with Crippen LogP contribution in [0.5, 0.6) is 0 Å². The van der Waals surface area contributed by atoms with Crippen LogP contribution in [0.15, 0.2) is 18.2 Å². The van der Waals surface area contributed by atoms with Crippen LogP contribution in [-0.4, -0.2) is 19.5 Å². The number of nitrogens with zero attached hydrogens (tertiary/aromatic N) is 1. The molecule has 0 aliphatic rings. The molecule has 0 fully saturated rings. The van der Waals surface area contributed by atoms with Gasteiger partial charge in [-0.2, -0.15) is 0 Å². The average Bonchev–Trinajstić information content (AvgIpc) is 2.27. The summed E-state index contributed by atoms with van der Waals surface area (Å²) in [5, 5.41) is 0.815. The third-order valence-corrected chi connectivity index (χ3v) is 3.65. The standard InChI is InChI=1S/C8H6ClNSe/c1-5-10-7-3-2-6(9)4-8(7)11-5/h2-4H,1H3. The zero-order valence-corrected chi connectivity index (χ0v) is 8.43. The van der Waals surface area contributed by atoms with Gasteiger partial charge in [-0.05, 0) is 0 Å². The molecular weight excluding hydrogens is 225 g/mol. The summed E-state index contributed by atoms with van der Waals surface area (Å²) in [7, 11) is 0. The first-order valence-electron chi connectivity index (χ1n) is 3.28. The molecule has 0 radical (unpaired) electrons. The van der Waals surface area contributed by atoms with Gasteiger partial charge in [-0.25, -0.2) is 0 Å². The third-order valence-electron chi connectivity index (χ3n) is 1.46. The van der Waals surface area contributed by atoms with E-state index in [4.69, 9.17) is 11.6 Å². The molecule has 3 heteroatoms. The molecule has 2 rings (SSSR count). The Morgan fingerprint density at radius 2 is 2.27 bits per heavy atom. The van der Waals surface area contributed by atoms with E-state index in [1.54, 1.807) is 0 Å². The Hall–Kier alpha value is -0.301. The molecule has 1 nitrogen and oxygen atoms in total. The predicted octanol–water partition coefficient (Wildman–Crippen LogP) is 2.25. The van der Waals surface area contributed by atoms with Gasteiger partial charge < -0.3 is 0 Å². The molecule has 2 aromatic rings. The normalized spacial score (nSPS) is 10.7. The second-order valence-corrected chi connectivity index (χ2v) is 5.37. The van der Waals surface area contributed by atoms with Crippen LogP contribution in [0.3, 0.4) is 0 Å². The predicted molar refractivity (Wildman–Crippen MR) is 48.4 cm³/mol. The molecule has 56 valence electrons. The number of aryl methyl sites for hydroxylation is 1. The quantitative estimate of drug-likeness (QED) is 0.633. The van der Waals surface area contributed by atoms with Crippen molar-refractivity contribution in [3.05, 3.63) is 27.8 Å². The molecule has 1 heterocycles. The van der Waals surface area contributed by atoms with E-state index in [2.05, 4.69) is 11.9 Å². The van der Waals surface area contributed by atoms with Crippen molar-refractivity contribution in [3.8, 4) is 0 Å². The van der Waals surface area contributed by atoms with Gasteiger partial charge in [-0.3, -0.25) is 0 Å². The number of hydrogen-bond acceptors (Lipinski definition) is 1. The van der Waals surface area contributed by atoms with Gasteiger partial charge in [0.25, 0.3) is 0 Å². The van der Waals surface area contributed by atoms with Crippen LogP contribution in [0.4, 0.5) is 0 Å². The van der Waals surface area contributed by atoms with Gasteiger partial charge in [-0.15, -0.1) is 0 Å². The minimum absolute atomic E-state index is 0.417. The molecule has 0 amide bonds. The van der Waals surface area contributed by atoms with Crippen LogP contribution >= 0.6 is 11.6 Å². The molecule has 1 aromatic heterocycles. The van der Waals surface area contributed by atoms with Crippen LogP contribution in [0.25, 0.3) is 9.78 Å². The summed E-state index contributed by atoms with van der Waals surface area (Å²) in [4.78, 5) is 4.38. The summed E-state index contributed by atoms with van der Waals surface area (Å²) < 4.78 is 2.54. The topological polar surface area (TPSA) is 12.9 Å². The van der Waals surface area contributed by atoms with Crippen molar-refractivity contribution in [3.63, 3.8) is 0 Å². The van der Waals surface area contributed by atoms with Gasteiger partial charge in [-0.1, -0.05) is 0 Å². The Bertz CT molecular complexity index is 394. The van der Waals surface area contributed by atoms with E-state index in [0.717, 1.165) is 10.5 Å². The van der Waals surface area contributed by atoms with Crippen molar-refractivity contribution in [1.29, 1.82) is 0 Å².